The van der Waals surface area contributed by atoms with Gasteiger partial charge in [0.15, 0.2) is 0 Å². The molecular formula is C13H17N3O4. The number of anilines is 1. The fourth-order valence-electron chi connectivity index (χ4n) is 2.59. The first-order chi connectivity index (χ1) is 9.58. The molecule has 1 aliphatic heterocycles. The second-order valence-electron chi connectivity index (χ2n) is 4.69. The van der Waals surface area contributed by atoms with Crippen LogP contribution in [0.1, 0.15) is 18.4 Å². The van der Waals surface area contributed by atoms with Crippen molar-refractivity contribution < 1.29 is 14.8 Å². The Kier molecular flexibility index (Phi) is 4.19. The summed E-state index contributed by atoms with van der Waals surface area (Å²) in [5.74, 6) is -0.0789. The Morgan fingerprint density at radius 2 is 2.35 bits per heavy atom. The van der Waals surface area contributed by atoms with E-state index in [4.69, 9.17) is 0 Å². The number of aliphatic hydroxyl groups excluding tert-OH is 1. The highest BCUT2D eigenvalue weighted by Gasteiger charge is 2.31. The molecule has 108 valence electrons. The average Bonchev–Trinajstić information content (AvgIpc) is 2.94. The van der Waals surface area contributed by atoms with E-state index in [1.54, 1.807) is 13.1 Å². The van der Waals surface area contributed by atoms with E-state index in [0.717, 1.165) is 12.8 Å². The Hall–Kier alpha value is -2.15. The van der Waals surface area contributed by atoms with Crippen LogP contribution in [0.5, 0.6) is 0 Å². The van der Waals surface area contributed by atoms with E-state index in [1.165, 1.54) is 12.1 Å². The van der Waals surface area contributed by atoms with Crippen molar-refractivity contribution in [3.05, 3.63) is 33.9 Å². The third kappa shape index (κ3) is 2.57. The first-order valence-corrected chi connectivity index (χ1v) is 6.45. The van der Waals surface area contributed by atoms with Crippen LogP contribution in [-0.4, -0.2) is 35.6 Å². The largest absolute Gasteiger partial charge is 0.392 e. The molecule has 2 N–H and O–H groups in total. The Balaban J connectivity index is 2.36. The number of rotatable bonds is 4. The van der Waals surface area contributed by atoms with Crippen LogP contribution < -0.4 is 10.2 Å². The number of likely N-dealkylation sites (N-methyl/N-ethyl adjacent to an activating group) is 1. The number of carbonyl (C=O) groups excluding carboxylic acids is 1. The highest BCUT2D eigenvalue weighted by atomic mass is 16.6. The number of hydrogen-bond acceptors (Lipinski definition) is 5. The van der Waals surface area contributed by atoms with Gasteiger partial charge >= 0.3 is 0 Å². The molecule has 1 unspecified atom stereocenters. The lowest BCUT2D eigenvalue weighted by molar-refractivity contribution is -0.384. The first-order valence-electron chi connectivity index (χ1n) is 6.45. The van der Waals surface area contributed by atoms with Gasteiger partial charge in [-0.1, -0.05) is 0 Å². The zero-order valence-electron chi connectivity index (χ0n) is 11.2. The summed E-state index contributed by atoms with van der Waals surface area (Å²) < 4.78 is 0. The SMILES string of the molecule is CNC(=O)C1CCCN1c1ccc([N+](=O)[O-])cc1CO. The molecule has 2 rings (SSSR count). The summed E-state index contributed by atoms with van der Waals surface area (Å²) in [7, 11) is 1.58. The lowest BCUT2D eigenvalue weighted by Crippen LogP contribution is -2.42. The third-order valence-electron chi connectivity index (χ3n) is 3.56. The first kappa shape index (κ1) is 14.3. The van der Waals surface area contributed by atoms with Gasteiger partial charge in [-0.15, -0.1) is 0 Å². The summed E-state index contributed by atoms with van der Waals surface area (Å²) in [5.41, 5.74) is 1.09. The number of nitrogens with zero attached hydrogens (tertiary/aromatic N) is 2. The molecule has 0 spiro atoms. The van der Waals surface area contributed by atoms with Crippen molar-refractivity contribution in [3.63, 3.8) is 0 Å². The van der Waals surface area contributed by atoms with Gasteiger partial charge < -0.3 is 15.3 Å². The van der Waals surface area contributed by atoms with Crippen molar-refractivity contribution in [3.8, 4) is 0 Å². The standard InChI is InChI=1S/C13H17N3O4/c1-14-13(18)12-3-2-6-15(12)11-5-4-10(16(19)20)7-9(11)8-17/h4-5,7,12,17H,2-3,6,8H2,1H3,(H,14,18). The maximum Gasteiger partial charge on any atom is 0.269 e. The highest BCUT2D eigenvalue weighted by Crippen LogP contribution is 2.31. The van der Waals surface area contributed by atoms with Gasteiger partial charge in [-0.2, -0.15) is 0 Å². The van der Waals surface area contributed by atoms with Crippen LogP contribution in [-0.2, 0) is 11.4 Å². The van der Waals surface area contributed by atoms with Crippen LogP contribution in [0.3, 0.4) is 0 Å². The van der Waals surface area contributed by atoms with Crippen molar-refractivity contribution in [2.24, 2.45) is 0 Å². The minimum absolute atomic E-state index is 0.0616. The Bertz CT molecular complexity index is 532. The second-order valence-corrected chi connectivity index (χ2v) is 4.69. The van der Waals surface area contributed by atoms with E-state index in [0.29, 0.717) is 17.8 Å². The fourth-order valence-corrected chi connectivity index (χ4v) is 2.59. The molecule has 1 heterocycles. The fraction of sp³-hybridized carbons (Fsp3) is 0.462. The zero-order chi connectivity index (χ0) is 14.7. The van der Waals surface area contributed by atoms with E-state index in [-0.39, 0.29) is 24.2 Å². The Morgan fingerprint density at radius 1 is 1.60 bits per heavy atom. The molecule has 1 saturated heterocycles. The van der Waals surface area contributed by atoms with E-state index in [1.807, 2.05) is 4.90 Å². The van der Waals surface area contributed by atoms with Crippen molar-refractivity contribution in [2.45, 2.75) is 25.5 Å². The minimum Gasteiger partial charge on any atom is -0.392 e. The van der Waals surface area contributed by atoms with Gasteiger partial charge in [-0.05, 0) is 18.9 Å². The van der Waals surface area contributed by atoms with E-state index in [9.17, 15) is 20.0 Å². The van der Waals surface area contributed by atoms with Crippen LogP contribution in [0, 0.1) is 10.1 Å². The molecule has 1 aromatic rings. The summed E-state index contributed by atoms with van der Waals surface area (Å²) in [4.78, 5) is 24.0. The van der Waals surface area contributed by atoms with Crippen LogP contribution in [0.2, 0.25) is 0 Å². The number of hydrogen-bond donors (Lipinski definition) is 2. The van der Waals surface area contributed by atoms with Crippen molar-refractivity contribution in [1.29, 1.82) is 0 Å². The van der Waals surface area contributed by atoms with E-state index in [2.05, 4.69) is 5.32 Å². The number of amides is 1. The Labute approximate surface area is 116 Å². The summed E-state index contributed by atoms with van der Waals surface area (Å²) in [6, 6.07) is 4.07. The van der Waals surface area contributed by atoms with Gasteiger partial charge in [0.05, 0.1) is 11.5 Å². The van der Waals surface area contributed by atoms with Crippen molar-refractivity contribution in [2.75, 3.05) is 18.5 Å². The molecule has 0 bridgehead atoms. The molecule has 0 aromatic heterocycles. The topological polar surface area (TPSA) is 95.7 Å². The van der Waals surface area contributed by atoms with Crippen LogP contribution in [0.4, 0.5) is 11.4 Å². The quantitative estimate of drug-likeness (QED) is 0.628. The second kappa shape index (κ2) is 5.87. The monoisotopic (exact) mass is 279 g/mol. The maximum absolute atomic E-state index is 11.8. The molecule has 1 aromatic carbocycles. The number of aliphatic hydroxyl groups is 1. The number of nitrogens with one attached hydrogen (secondary N) is 1. The van der Waals surface area contributed by atoms with Crippen LogP contribution in [0.25, 0.3) is 0 Å². The maximum atomic E-state index is 11.8. The summed E-state index contributed by atoms with van der Waals surface area (Å²) >= 11 is 0. The lowest BCUT2D eigenvalue weighted by Gasteiger charge is -2.27. The molecular weight excluding hydrogens is 262 g/mol. The van der Waals surface area contributed by atoms with Crippen LogP contribution >= 0.6 is 0 Å². The minimum atomic E-state index is -0.497. The predicted octanol–water partition coefficient (Wildman–Crippen LogP) is 0.802. The molecule has 0 saturated carbocycles. The number of benzene rings is 1. The highest BCUT2D eigenvalue weighted by molar-refractivity contribution is 5.86. The lowest BCUT2D eigenvalue weighted by atomic mass is 10.1. The third-order valence-corrected chi connectivity index (χ3v) is 3.56. The molecule has 0 radical (unpaired) electrons. The normalized spacial score (nSPS) is 18.1. The molecule has 1 aliphatic rings. The van der Waals surface area contributed by atoms with Crippen LogP contribution in [0.15, 0.2) is 18.2 Å². The van der Waals surface area contributed by atoms with Gasteiger partial charge in [-0.25, -0.2) is 0 Å². The molecule has 1 atom stereocenters. The predicted molar refractivity (Wildman–Crippen MR) is 73.5 cm³/mol. The molecule has 0 aliphatic carbocycles. The average molecular weight is 279 g/mol. The molecule has 7 heteroatoms. The molecule has 7 nitrogen and oxygen atoms in total. The number of nitro groups is 1. The molecule has 1 fully saturated rings. The van der Waals surface area contributed by atoms with Crippen molar-refractivity contribution in [1.82, 2.24) is 5.32 Å². The summed E-state index contributed by atoms with van der Waals surface area (Å²) in [6.07, 6.45) is 1.61. The zero-order valence-corrected chi connectivity index (χ0v) is 11.2. The Morgan fingerprint density at radius 3 is 2.95 bits per heavy atom. The number of non-ortho nitro benzene ring substituents is 1. The van der Waals surface area contributed by atoms with Gasteiger partial charge in [0, 0.05) is 37.0 Å². The number of nitro benzene ring substituents is 1. The van der Waals surface area contributed by atoms with Gasteiger partial charge in [0.2, 0.25) is 5.91 Å². The summed E-state index contributed by atoms with van der Waals surface area (Å²) in [6.45, 7) is 0.400. The van der Waals surface area contributed by atoms with E-state index < -0.39 is 4.92 Å². The molecule has 20 heavy (non-hydrogen) atoms. The van der Waals surface area contributed by atoms with Gasteiger partial charge in [0.25, 0.3) is 5.69 Å². The van der Waals surface area contributed by atoms with Crippen molar-refractivity contribution >= 4 is 17.3 Å². The smallest absolute Gasteiger partial charge is 0.269 e. The summed E-state index contributed by atoms with van der Waals surface area (Å²) in [5, 5.41) is 22.8. The van der Waals surface area contributed by atoms with Gasteiger partial charge in [-0.3, -0.25) is 14.9 Å². The number of carbonyl (C=O) groups is 1. The molecule has 1 amide bonds. The van der Waals surface area contributed by atoms with E-state index >= 15 is 0 Å². The van der Waals surface area contributed by atoms with Gasteiger partial charge in [0.1, 0.15) is 6.04 Å².